The van der Waals surface area contributed by atoms with Crippen molar-refractivity contribution < 1.29 is 5.11 Å². The van der Waals surface area contributed by atoms with Crippen LogP contribution in [0.25, 0.3) is 11.0 Å². The lowest BCUT2D eigenvalue weighted by atomic mass is 10.1. The van der Waals surface area contributed by atoms with Gasteiger partial charge in [0.2, 0.25) is 0 Å². The molecule has 0 spiro atoms. The maximum atomic E-state index is 10.3. The highest BCUT2D eigenvalue weighted by atomic mass is 35.5. The molecule has 0 amide bonds. The van der Waals surface area contributed by atoms with Crippen molar-refractivity contribution in [3.8, 4) is 0 Å². The van der Waals surface area contributed by atoms with Crippen molar-refractivity contribution >= 4 is 22.6 Å². The van der Waals surface area contributed by atoms with E-state index in [1.54, 1.807) is 6.20 Å². The standard InChI is InChI=1S/C16H16ClN3O/c1-10(11-5-3-2-4-6-11)19-16(21)14-8-12-7-13(17)9-18-15(12)20-14/h2-10,16,19,21H,1H3,(H,18,20)/t10-,16?/m1/s1. The van der Waals surface area contributed by atoms with Gasteiger partial charge in [-0.15, -0.1) is 0 Å². The molecule has 1 aromatic carbocycles. The van der Waals surface area contributed by atoms with Gasteiger partial charge in [-0.1, -0.05) is 41.9 Å². The topological polar surface area (TPSA) is 60.9 Å². The van der Waals surface area contributed by atoms with E-state index in [9.17, 15) is 5.11 Å². The van der Waals surface area contributed by atoms with Crippen LogP contribution in [0, 0.1) is 0 Å². The van der Waals surface area contributed by atoms with Gasteiger partial charge in [0.25, 0.3) is 0 Å². The van der Waals surface area contributed by atoms with Crippen LogP contribution in [0.15, 0.2) is 48.7 Å². The van der Waals surface area contributed by atoms with Crippen molar-refractivity contribution in [1.29, 1.82) is 0 Å². The number of aliphatic hydroxyl groups is 1. The molecule has 0 fully saturated rings. The summed E-state index contributed by atoms with van der Waals surface area (Å²) in [6.07, 6.45) is 0.782. The Bertz CT molecular complexity index is 742. The zero-order chi connectivity index (χ0) is 14.8. The third-order valence-corrected chi connectivity index (χ3v) is 3.67. The van der Waals surface area contributed by atoms with Gasteiger partial charge in [-0.25, -0.2) is 4.98 Å². The second kappa shape index (κ2) is 5.85. The number of H-pyrrole nitrogens is 1. The molecule has 2 heterocycles. The summed E-state index contributed by atoms with van der Waals surface area (Å²) in [5.74, 6) is 0. The minimum absolute atomic E-state index is 0.0316. The second-order valence-corrected chi connectivity index (χ2v) is 5.45. The molecule has 0 bridgehead atoms. The number of nitrogens with zero attached hydrogens (tertiary/aromatic N) is 1. The van der Waals surface area contributed by atoms with E-state index < -0.39 is 6.23 Å². The molecule has 3 rings (SSSR count). The van der Waals surface area contributed by atoms with Gasteiger partial charge in [-0.2, -0.15) is 0 Å². The first-order valence-electron chi connectivity index (χ1n) is 6.77. The minimum Gasteiger partial charge on any atom is -0.373 e. The predicted octanol–water partition coefficient (Wildman–Crippen LogP) is 3.56. The van der Waals surface area contributed by atoms with Gasteiger partial charge in [-0.3, -0.25) is 5.32 Å². The first-order valence-corrected chi connectivity index (χ1v) is 7.14. The molecule has 0 saturated heterocycles. The third-order valence-electron chi connectivity index (χ3n) is 3.46. The number of aliphatic hydroxyl groups excluding tert-OH is 1. The molecule has 4 nitrogen and oxygen atoms in total. The van der Waals surface area contributed by atoms with Crippen LogP contribution < -0.4 is 5.32 Å². The van der Waals surface area contributed by atoms with Gasteiger partial charge in [0, 0.05) is 17.6 Å². The van der Waals surface area contributed by atoms with E-state index in [0.717, 1.165) is 10.9 Å². The van der Waals surface area contributed by atoms with Crippen molar-refractivity contribution in [3.05, 3.63) is 64.9 Å². The Morgan fingerprint density at radius 3 is 2.76 bits per heavy atom. The molecular weight excluding hydrogens is 286 g/mol. The molecule has 5 heteroatoms. The number of benzene rings is 1. The molecule has 1 unspecified atom stereocenters. The molecule has 0 aliphatic carbocycles. The van der Waals surface area contributed by atoms with Crippen LogP contribution in [0.5, 0.6) is 0 Å². The Kier molecular flexibility index (Phi) is 3.92. The van der Waals surface area contributed by atoms with Crippen molar-refractivity contribution in [2.75, 3.05) is 0 Å². The van der Waals surface area contributed by atoms with Gasteiger partial charge < -0.3 is 10.1 Å². The molecule has 0 aliphatic rings. The smallest absolute Gasteiger partial charge is 0.146 e. The number of nitrogens with one attached hydrogen (secondary N) is 2. The number of aromatic nitrogens is 2. The maximum absolute atomic E-state index is 10.3. The fourth-order valence-corrected chi connectivity index (χ4v) is 2.49. The number of hydrogen-bond donors (Lipinski definition) is 3. The van der Waals surface area contributed by atoms with Crippen molar-refractivity contribution in [2.24, 2.45) is 0 Å². The van der Waals surface area contributed by atoms with Crippen LogP contribution in [0.3, 0.4) is 0 Å². The van der Waals surface area contributed by atoms with Crippen LogP contribution in [-0.2, 0) is 0 Å². The summed E-state index contributed by atoms with van der Waals surface area (Å²) in [6, 6.07) is 13.7. The summed E-state index contributed by atoms with van der Waals surface area (Å²) in [5, 5.41) is 14.9. The van der Waals surface area contributed by atoms with Crippen LogP contribution in [0.4, 0.5) is 0 Å². The zero-order valence-electron chi connectivity index (χ0n) is 11.5. The van der Waals surface area contributed by atoms with Gasteiger partial charge in [-0.05, 0) is 24.6 Å². The molecule has 0 saturated carbocycles. The lowest BCUT2D eigenvalue weighted by Gasteiger charge is -2.18. The van der Waals surface area contributed by atoms with Gasteiger partial charge in [0.1, 0.15) is 11.9 Å². The Labute approximate surface area is 127 Å². The number of rotatable bonds is 4. The van der Waals surface area contributed by atoms with E-state index >= 15 is 0 Å². The Balaban J connectivity index is 1.79. The van der Waals surface area contributed by atoms with Gasteiger partial charge >= 0.3 is 0 Å². The lowest BCUT2D eigenvalue weighted by molar-refractivity contribution is 0.122. The highest BCUT2D eigenvalue weighted by Gasteiger charge is 2.15. The number of hydrogen-bond acceptors (Lipinski definition) is 3. The highest BCUT2D eigenvalue weighted by molar-refractivity contribution is 6.31. The first-order chi connectivity index (χ1) is 10.1. The fraction of sp³-hybridized carbons (Fsp3) is 0.188. The summed E-state index contributed by atoms with van der Waals surface area (Å²) in [7, 11) is 0. The molecular formula is C16H16ClN3O. The monoisotopic (exact) mass is 301 g/mol. The SMILES string of the molecule is C[C@@H](NC(O)c1cc2cc(Cl)cnc2[nH]1)c1ccccc1. The normalized spacial score (nSPS) is 14.2. The van der Waals surface area contributed by atoms with Crippen LogP contribution in [-0.4, -0.2) is 15.1 Å². The van der Waals surface area contributed by atoms with Crippen molar-refractivity contribution in [1.82, 2.24) is 15.3 Å². The van der Waals surface area contributed by atoms with Crippen molar-refractivity contribution in [3.63, 3.8) is 0 Å². The Morgan fingerprint density at radius 2 is 2.00 bits per heavy atom. The number of fused-ring (bicyclic) bond motifs is 1. The van der Waals surface area contributed by atoms with E-state index in [0.29, 0.717) is 16.4 Å². The molecule has 3 aromatic rings. The third kappa shape index (κ3) is 3.08. The average Bonchev–Trinajstić information content (AvgIpc) is 2.91. The van der Waals surface area contributed by atoms with Crippen molar-refractivity contribution in [2.45, 2.75) is 19.2 Å². The molecule has 108 valence electrons. The summed E-state index contributed by atoms with van der Waals surface area (Å²) in [6.45, 7) is 2.01. The Morgan fingerprint density at radius 1 is 1.24 bits per heavy atom. The maximum Gasteiger partial charge on any atom is 0.146 e. The van der Waals surface area contributed by atoms with E-state index in [1.807, 2.05) is 49.4 Å². The zero-order valence-corrected chi connectivity index (χ0v) is 12.3. The molecule has 0 radical (unpaired) electrons. The summed E-state index contributed by atoms with van der Waals surface area (Å²) in [4.78, 5) is 7.29. The number of pyridine rings is 1. The second-order valence-electron chi connectivity index (χ2n) is 5.02. The lowest BCUT2D eigenvalue weighted by Crippen LogP contribution is -2.24. The van der Waals surface area contributed by atoms with E-state index in [2.05, 4.69) is 15.3 Å². The van der Waals surface area contributed by atoms with Gasteiger partial charge in [0.15, 0.2) is 0 Å². The average molecular weight is 302 g/mol. The van der Waals surface area contributed by atoms with Crippen LogP contribution in [0.1, 0.15) is 30.5 Å². The molecule has 0 aliphatic heterocycles. The largest absolute Gasteiger partial charge is 0.373 e. The minimum atomic E-state index is -0.798. The molecule has 3 N–H and O–H groups in total. The van der Waals surface area contributed by atoms with Gasteiger partial charge in [0.05, 0.1) is 10.7 Å². The summed E-state index contributed by atoms with van der Waals surface area (Å²) < 4.78 is 0. The fourth-order valence-electron chi connectivity index (χ4n) is 2.32. The van der Waals surface area contributed by atoms with Crippen LogP contribution >= 0.6 is 11.6 Å². The molecule has 2 atom stereocenters. The quantitative estimate of drug-likeness (QED) is 0.646. The van der Waals surface area contributed by atoms with E-state index in [-0.39, 0.29) is 6.04 Å². The summed E-state index contributed by atoms with van der Waals surface area (Å²) in [5.41, 5.74) is 2.50. The molecule has 21 heavy (non-hydrogen) atoms. The predicted molar refractivity (Wildman–Crippen MR) is 84.1 cm³/mol. The van der Waals surface area contributed by atoms with E-state index in [1.165, 1.54) is 0 Å². The van der Waals surface area contributed by atoms with Crippen LogP contribution in [0.2, 0.25) is 5.02 Å². The Hall–Kier alpha value is -1.88. The first kappa shape index (κ1) is 14.1. The molecule has 2 aromatic heterocycles. The summed E-state index contributed by atoms with van der Waals surface area (Å²) >= 11 is 5.92. The number of aromatic amines is 1. The number of halogens is 1. The highest BCUT2D eigenvalue weighted by Crippen LogP contribution is 2.22. The van der Waals surface area contributed by atoms with E-state index in [4.69, 9.17) is 11.6 Å².